The summed E-state index contributed by atoms with van der Waals surface area (Å²) < 4.78 is 44.4. The molecule has 0 radical (unpaired) electrons. The SMILES string of the molecule is CC1COCCN1c1ccc(C=O)cc1C(F)(F)F. The highest BCUT2D eigenvalue weighted by molar-refractivity contribution is 5.77. The molecule has 1 aliphatic heterocycles. The predicted molar refractivity (Wildman–Crippen MR) is 64.5 cm³/mol. The highest BCUT2D eigenvalue weighted by Crippen LogP contribution is 2.38. The van der Waals surface area contributed by atoms with Crippen molar-refractivity contribution in [3.63, 3.8) is 0 Å². The Hall–Kier alpha value is -1.56. The molecule has 0 bridgehead atoms. The van der Waals surface area contributed by atoms with Gasteiger partial charge in [-0.2, -0.15) is 13.2 Å². The van der Waals surface area contributed by atoms with Gasteiger partial charge in [0.05, 0.1) is 18.8 Å². The second kappa shape index (κ2) is 5.21. The van der Waals surface area contributed by atoms with Crippen molar-refractivity contribution in [2.45, 2.75) is 19.1 Å². The molecule has 1 atom stereocenters. The third-order valence-corrected chi connectivity index (χ3v) is 3.14. The Morgan fingerprint density at radius 3 is 2.74 bits per heavy atom. The molecule has 1 fully saturated rings. The number of carbonyl (C=O) groups is 1. The van der Waals surface area contributed by atoms with Crippen LogP contribution >= 0.6 is 0 Å². The monoisotopic (exact) mass is 273 g/mol. The van der Waals surface area contributed by atoms with Gasteiger partial charge in [0.15, 0.2) is 0 Å². The lowest BCUT2D eigenvalue weighted by Gasteiger charge is -2.36. The van der Waals surface area contributed by atoms with Gasteiger partial charge in [-0.05, 0) is 25.1 Å². The van der Waals surface area contributed by atoms with Crippen LogP contribution in [-0.2, 0) is 10.9 Å². The van der Waals surface area contributed by atoms with E-state index in [1.807, 2.05) is 6.92 Å². The number of halogens is 3. The summed E-state index contributed by atoms with van der Waals surface area (Å²) in [4.78, 5) is 12.3. The lowest BCUT2D eigenvalue weighted by Crippen LogP contribution is -2.44. The van der Waals surface area contributed by atoms with E-state index in [9.17, 15) is 18.0 Å². The van der Waals surface area contributed by atoms with Crippen LogP contribution in [0.3, 0.4) is 0 Å². The zero-order chi connectivity index (χ0) is 14.0. The maximum absolute atomic E-state index is 13.1. The third-order valence-electron chi connectivity index (χ3n) is 3.14. The summed E-state index contributed by atoms with van der Waals surface area (Å²) in [6.45, 7) is 3.02. The van der Waals surface area contributed by atoms with Crippen LogP contribution in [0.4, 0.5) is 18.9 Å². The van der Waals surface area contributed by atoms with Gasteiger partial charge in [0.25, 0.3) is 0 Å². The topological polar surface area (TPSA) is 29.5 Å². The van der Waals surface area contributed by atoms with Crippen LogP contribution in [0.15, 0.2) is 18.2 Å². The maximum atomic E-state index is 13.1. The van der Waals surface area contributed by atoms with Crippen molar-refractivity contribution in [1.82, 2.24) is 0 Å². The van der Waals surface area contributed by atoms with Gasteiger partial charge >= 0.3 is 6.18 Å². The smallest absolute Gasteiger partial charge is 0.377 e. The highest BCUT2D eigenvalue weighted by Gasteiger charge is 2.36. The zero-order valence-electron chi connectivity index (χ0n) is 10.4. The van der Waals surface area contributed by atoms with E-state index in [1.54, 1.807) is 4.90 Å². The van der Waals surface area contributed by atoms with Crippen LogP contribution in [0, 0.1) is 0 Å². The molecule has 0 spiro atoms. The fourth-order valence-corrected chi connectivity index (χ4v) is 2.19. The van der Waals surface area contributed by atoms with Crippen LogP contribution < -0.4 is 4.90 Å². The molecule has 104 valence electrons. The summed E-state index contributed by atoms with van der Waals surface area (Å²) in [7, 11) is 0. The molecule has 1 unspecified atom stereocenters. The molecule has 3 nitrogen and oxygen atoms in total. The number of anilines is 1. The van der Waals surface area contributed by atoms with Crippen molar-refractivity contribution in [1.29, 1.82) is 0 Å². The summed E-state index contributed by atoms with van der Waals surface area (Å²) in [6, 6.07) is 3.52. The van der Waals surface area contributed by atoms with Gasteiger partial charge in [-0.1, -0.05) is 0 Å². The number of rotatable bonds is 2. The Balaban J connectivity index is 2.46. The minimum Gasteiger partial charge on any atom is -0.377 e. The molecule has 1 aromatic carbocycles. The van der Waals surface area contributed by atoms with E-state index in [-0.39, 0.29) is 17.3 Å². The highest BCUT2D eigenvalue weighted by atomic mass is 19.4. The molecule has 2 rings (SSSR count). The maximum Gasteiger partial charge on any atom is 0.418 e. The molecule has 1 aromatic rings. The minimum absolute atomic E-state index is 0.0250. The molecular formula is C13H14F3NO2. The molecule has 0 aromatic heterocycles. The molecule has 1 heterocycles. The zero-order valence-corrected chi connectivity index (χ0v) is 10.4. The summed E-state index contributed by atoms with van der Waals surface area (Å²) >= 11 is 0. The lowest BCUT2D eigenvalue weighted by atomic mass is 10.1. The lowest BCUT2D eigenvalue weighted by molar-refractivity contribution is -0.137. The van der Waals surface area contributed by atoms with Gasteiger partial charge in [0.2, 0.25) is 0 Å². The Morgan fingerprint density at radius 1 is 1.42 bits per heavy atom. The molecular weight excluding hydrogens is 259 g/mol. The van der Waals surface area contributed by atoms with Crippen LogP contribution in [0.25, 0.3) is 0 Å². The molecule has 1 saturated heterocycles. The van der Waals surface area contributed by atoms with Crippen LogP contribution in [0.5, 0.6) is 0 Å². The molecule has 0 saturated carbocycles. The first-order valence-corrected chi connectivity index (χ1v) is 5.94. The van der Waals surface area contributed by atoms with Gasteiger partial charge in [0.1, 0.15) is 6.29 Å². The number of ether oxygens (including phenoxy) is 1. The normalized spacial score (nSPS) is 20.4. The number of aldehydes is 1. The molecule has 6 heteroatoms. The predicted octanol–water partition coefficient (Wildman–Crippen LogP) is 2.74. The van der Waals surface area contributed by atoms with Crippen molar-refractivity contribution < 1.29 is 22.7 Å². The number of alkyl halides is 3. The first kappa shape index (κ1) is 13.9. The number of carbonyl (C=O) groups excluding carboxylic acids is 1. The van der Waals surface area contributed by atoms with E-state index in [0.717, 1.165) is 6.07 Å². The van der Waals surface area contributed by atoms with E-state index in [1.165, 1.54) is 12.1 Å². The van der Waals surface area contributed by atoms with Crippen molar-refractivity contribution >= 4 is 12.0 Å². The molecule has 0 N–H and O–H groups in total. The van der Waals surface area contributed by atoms with E-state index in [0.29, 0.717) is 26.0 Å². The van der Waals surface area contributed by atoms with Gasteiger partial charge < -0.3 is 9.64 Å². The van der Waals surface area contributed by atoms with Crippen molar-refractivity contribution in [2.75, 3.05) is 24.7 Å². The number of morpholine rings is 1. The van der Waals surface area contributed by atoms with E-state index in [4.69, 9.17) is 4.74 Å². The summed E-state index contributed by atoms with van der Waals surface area (Å²) in [5.74, 6) is 0. The Labute approximate surface area is 109 Å². The molecule has 0 amide bonds. The Morgan fingerprint density at radius 2 is 2.16 bits per heavy atom. The summed E-state index contributed by atoms with van der Waals surface area (Å²) in [5.41, 5.74) is -0.642. The number of nitrogens with zero attached hydrogens (tertiary/aromatic N) is 1. The van der Waals surface area contributed by atoms with Gasteiger partial charge in [-0.15, -0.1) is 0 Å². The average Bonchev–Trinajstić information content (AvgIpc) is 2.38. The van der Waals surface area contributed by atoms with Gasteiger partial charge in [0, 0.05) is 23.8 Å². The van der Waals surface area contributed by atoms with E-state index in [2.05, 4.69) is 0 Å². The summed E-state index contributed by atoms with van der Waals surface area (Å²) in [5, 5.41) is 0. The summed E-state index contributed by atoms with van der Waals surface area (Å²) in [6.07, 6.45) is -4.06. The molecule has 1 aliphatic rings. The second-order valence-corrected chi connectivity index (χ2v) is 4.51. The quantitative estimate of drug-likeness (QED) is 0.776. The number of hydrogen-bond acceptors (Lipinski definition) is 3. The molecule has 0 aliphatic carbocycles. The average molecular weight is 273 g/mol. The van der Waals surface area contributed by atoms with Crippen molar-refractivity contribution in [3.05, 3.63) is 29.3 Å². The Bertz CT molecular complexity index is 473. The van der Waals surface area contributed by atoms with Crippen LogP contribution in [-0.4, -0.2) is 32.1 Å². The van der Waals surface area contributed by atoms with E-state index >= 15 is 0 Å². The first-order chi connectivity index (χ1) is 8.93. The number of hydrogen-bond donors (Lipinski definition) is 0. The Kier molecular flexibility index (Phi) is 3.80. The molecule has 19 heavy (non-hydrogen) atoms. The standard InChI is InChI=1S/C13H14F3NO2/c1-9-8-19-5-4-17(9)12-3-2-10(7-18)6-11(12)13(14,15)16/h2-3,6-7,9H,4-5,8H2,1H3. The van der Waals surface area contributed by atoms with Crippen molar-refractivity contribution in [3.8, 4) is 0 Å². The van der Waals surface area contributed by atoms with E-state index < -0.39 is 11.7 Å². The largest absolute Gasteiger partial charge is 0.418 e. The third kappa shape index (κ3) is 2.89. The minimum atomic E-state index is -4.48. The van der Waals surface area contributed by atoms with Crippen molar-refractivity contribution in [2.24, 2.45) is 0 Å². The van der Waals surface area contributed by atoms with Crippen LogP contribution in [0.2, 0.25) is 0 Å². The fourth-order valence-electron chi connectivity index (χ4n) is 2.19. The van der Waals surface area contributed by atoms with Crippen LogP contribution in [0.1, 0.15) is 22.8 Å². The fraction of sp³-hybridized carbons (Fsp3) is 0.462. The van der Waals surface area contributed by atoms with Gasteiger partial charge in [-0.3, -0.25) is 4.79 Å². The number of benzene rings is 1. The first-order valence-electron chi connectivity index (χ1n) is 5.94. The second-order valence-electron chi connectivity index (χ2n) is 4.51. The van der Waals surface area contributed by atoms with Gasteiger partial charge in [-0.25, -0.2) is 0 Å².